The zero-order valence-corrected chi connectivity index (χ0v) is 16.6. The summed E-state index contributed by atoms with van der Waals surface area (Å²) in [5.41, 5.74) is 10.5. The second-order valence-electron chi connectivity index (χ2n) is 6.91. The highest BCUT2D eigenvalue weighted by molar-refractivity contribution is 5.85. The predicted molar refractivity (Wildman–Crippen MR) is 112 cm³/mol. The van der Waals surface area contributed by atoms with E-state index >= 15 is 0 Å². The van der Waals surface area contributed by atoms with Crippen molar-refractivity contribution in [2.24, 2.45) is 5.73 Å². The topological polar surface area (TPSA) is 64.3 Å². The van der Waals surface area contributed by atoms with Gasteiger partial charge in [0.25, 0.3) is 0 Å². The van der Waals surface area contributed by atoms with Crippen molar-refractivity contribution in [1.29, 1.82) is 0 Å². The van der Waals surface area contributed by atoms with Gasteiger partial charge in [0.2, 0.25) is 5.91 Å². The van der Waals surface area contributed by atoms with E-state index in [0.29, 0.717) is 25.5 Å². The Morgan fingerprint density at radius 3 is 2.74 bits per heavy atom. The number of benzene rings is 2. The van der Waals surface area contributed by atoms with Gasteiger partial charge >= 0.3 is 0 Å². The largest absolute Gasteiger partial charge is 0.492 e. The number of fused-ring (bicyclic) bond motifs is 1. The third-order valence-electron chi connectivity index (χ3n) is 5.09. The van der Waals surface area contributed by atoms with Crippen molar-refractivity contribution in [3.05, 3.63) is 65.2 Å². The van der Waals surface area contributed by atoms with E-state index in [-0.39, 0.29) is 24.4 Å². The van der Waals surface area contributed by atoms with Crippen LogP contribution in [0.4, 0.5) is 0 Å². The summed E-state index contributed by atoms with van der Waals surface area (Å²) in [5.74, 6) is 1.21. The average molecular weight is 389 g/mol. The van der Waals surface area contributed by atoms with Crippen LogP contribution in [0.15, 0.2) is 48.5 Å². The second kappa shape index (κ2) is 10.3. The fourth-order valence-corrected chi connectivity index (χ4v) is 3.60. The molecular weight excluding hydrogens is 360 g/mol. The molecule has 0 aliphatic heterocycles. The molecule has 4 nitrogen and oxygen atoms in total. The van der Waals surface area contributed by atoms with Crippen LogP contribution in [0.2, 0.25) is 0 Å². The first-order valence-electron chi connectivity index (χ1n) is 9.49. The molecule has 1 aliphatic rings. The van der Waals surface area contributed by atoms with Crippen molar-refractivity contribution < 1.29 is 9.53 Å². The van der Waals surface area contributed by atoms with Crippen LogP contribution < -0.4 is 15.8 Å². The Bertz CT molecular complexity index is 736. The molecule has 0 saturated carbocycles. The van der Waals surface area contributed by atoms with E-state index in [9.17, 15) is 4.79 Å². The summed E-state index contributed by atoms with van der Waals surface area (Å²) in [6, 6.07) is 17.0. The number of hydrogen-bond acceptors (Lipinski definition) is 3. The van der Waals surface area contributed by atoms with Gasteiger partial charge in [-0.05, 0) is 48.1 Å². The van der Waals surface area contributed by atoms with Gasteiger partial charge in [0.05, 0.1) is 6.54 Å². The standard InChI is InChI=1S/C22H28N2O2.ClH/c1-2-22(25)24-12-13-26-18-10-8-17-9-11-21(23)20(19(17)15-18)14-16-6-4-3-5-7-16;/h3-8,10,15,20-21H,2,9,11-14,23H2,1H3,(H,24,25);1H. The van der Waals surface area contributed by atoms with Gasteiger partial charge in [-0.2, -0.15) is 0 Å². The fourth-order valence-electron chi connectivity index (χ4n) is 3.60. The Kier molecular flexibility index (Phi) is 8.14. The molecular formula is C22H29ClN2O2. The number of carbonyl (C=O) groups excluding carboxylic acids is 1. The van der Waals surface area contributed by atoms with Crippen LogP contribution in [-0.2, 0) is 17.6 Å². The number of nitrogens with two attached hydrogens (primary N) is 1. The Labute approximate surface area is 167 Å². The zero-order valence-electron chi connectivity index (χ0n) is 15.8. The Morgan fingerprint density at radius 1 is 1.22 bits per heavy atom. The van der Waals surface area contributed by atoms with Crippen molar-refractivity contribution in [2.45, 2.75) is 44.6 Å². The van der Waals surface area contributed by atoms with E-state index in [4.69, 9.17) is 10.5 Å². The number of hydrogen-bond donors (Lipinski definition) is 2. The summed E-state index contributed by atoms with van der Waals surface area (Å²) in [6.45, 7) is 2.84. The highest BCUT2D eigenvalue weighted by Gasteiger charge is 2.27. The lowest BCUT2D eigenvalue weighted by Crippen LogP contribution is -2.34. The zero-order chi connectivity index (χ0) is 18.4. The molecule has 1 amide bonds. The molecule has 1 aliphatic carbocycles. The third-order valence-corrected chi connectivity index (χ3v) is 5.09. The molecule has 3 rings (SSSR count). The normalized spacial score (nSPS) is 18.1. The van der Waals surface area contributed by atoms with E-state index in [1.165, 1.54) is 16.7 Å². The number of carbonyl (C=O) groups is 1. The molecule has 0 spiro atoms. The quantitative estimate of drug-likeness (QED) is 0.712. The van der Waals surface area contributed by atoms with Crippen LogP contribution in [0, 0.1) is 0 Å². The lowest BCUT2D eigenvalue weighted by atomic mass is 9.76. The highest BCUT2D eigenvalue weighted by Crippen LogP contribution is 2.35. The lowest BCUT2D eigenvalue weighted by molar-refractivity contribution is -0.120. The summed E-state index contributed by atoms with van der Waals surface area (Å²) < 4.78 is 5.85. The number of ether oxygens (including phenoxy) is 1. The van der Waals surface area contributed by atoms with Gasteiger partial charge in [-0.3, -0.25) is 4.79 Å². The lowest BCUT2D eigenvalue weighted by Gasteiger charge is -2.32. The van der Waals surface area contributed by atoms with Crippen LogP contribution in [0.1, 0.15) is 42.4 Å². The highest BCUT2D eigenvalue weighted by atomic mass is 35.5. The Morgan fingerprint density at radius 2 is 2.00 bits per heavy atom. The summed E-state index contributed by atoms with van der Waals surface area (Å²) in [7, 11) is 0. The summed E-state index contributed by atoms with van der Waals surface area (Å²) in [4.78, 5) is 11.3. The molecule has 0 saturated heterocycles. The van der Waals surface area contributed by atoms with E-state index in [1.807, 2.05) is 19.1 Å². The van der Waals surface area contributed by atoms with Crippen molar-refractivity contribution >= 4 is 18.3 Å². The number of halogens is 1. The number of nitrogens with one attached hydrogen (secondary N) is 1. The van der Waals surface area contributed by atoms with E-state index in [2.05, 4.69) is 41.7 Å². The first kappa shape index (κ1) is 21.3. The SMILES string of the molecule is CCC(=O)NCCOc1ccc2c(c1)C(Cc1ccccc1)C(N)CC2.Cl. The molecule has 0 fully saturated rings. The van der Waals surface area contributed by atoms with E-state index < -0.39 is 0 Å². The van der Waals surface area contributed by atoms with E-state index in [1.54, 1.807) is 0 Å². The molecule has 5 heteroatoms. The van der Waals surface area contributed by atoms with Crippen LogP contribution in [0.3, 0.4) is 0 Å². The third kappa shape index (κ3) is 5.72. The number of aryl methyl sites for hydroxylation is 1. The van der Waals surface area contributed by atoms with Gasteiger partial charge in [0.15, 0.2) is 0 Å². The van der Waals surface area contributed by atoms with Crippen molar-refractivity contribution in [3.63, 3.8) is 0 Å². The molecule has 146 valence electrons. The average Bonchev–Trinajstić information content (AvgIpc) is 2.68. The predicted octanol–water partition coefficient (Wildman–Crippen LogP) is 3.61. The minimum atomic E-state index is 0. The maximum Gasteiger partial charge on any atom is 0.219 e. The fraction of sp³-hybridized carbons (Fsp3) is 0.409. The molecule has 2 unspecified atom stereocenters. The van der Waals surface area contributed by atoms with Crippen molar-refractivity contribution in [3.8, 4) is 5.75 Å². The first-order valence-corrected chi connectivity index (χ1v) is 9.49. The summed E-state index contributed by atoms with van der Waals surface area (Å²) in [5, 5.41) is 2.83. The van der Waals surface area contributed by atoms with Crippen LogP contribution in [-0.4, -0.2) is 25.1 Å². The Hall–Kier alpha value is -2.04. The number of amides is 1. The molecule has 3 N–H and O–H groups in total. The van der Waals surface area contributed by atoms with Gasteiger partial charge < -0.3 is 15.8 Å². The maximum absolute atomic E-state index is 11.3. The molecule has 2 aromatic carbocycles. The van der Waals surface area contributed by atoms with Gasteiger partial charge in [-0.25, -0.2) is 0 Å². The van der Waals surface area contributed by atoms with Gasteiger partial charge in [0, 0.05) is 18.4 Å². The molecule has 0 bridgehead atoms. The van der Waals surface area contributed by atoms with Crippen LogP contribution >= 0.6 is 12.4 Å². The minimum Gasteiger partial charge on any atom is -0.492 e. The minimum absolute atomic E-state index is 0. The van der Waals surface area contributed by atoms with Crippen molar-refractivity contribution in [1.82, 2.24) is 5.32 Å². The molecule has 27 heavy (non-hydrogen) atoms. The van der Waals surface area contributed by atoms with Gasteiger partial charge in [0.1, 0.15) is 12.4 Å². The van der Waals surface area contributed by atoms with Gasteiger partial charge in [-0.15, -0.1) is 12.4 Å². The smallest absolute Gasteiger partial charge is 0.219 e. The Balaban J connectivity index is 0.00000261. The monoisotopic (exact) mass is 388 g/mol. The van der Waals surface area contributed by atoms with Gasteiger partial charge in [-0.1, -0.05) is 43.3 Å². The molecule has 0 radical (unpaired) electrons. The maximum atomic E-state index is 11.3. The second-order valence-corrected chi connectivity index (χ2v) is 6.91. The molecule has 2 atom stereocenters. The molecule has 0 aromatic heterocycles. The first-order chi connectivity index (χ1) is 12.7. The van der Waals surface area contributed by atoms with Crippen LogP contribution in [0.5, 0.6) is 5.75 Å². The summed E-state index contributed by atoms with van der Waals surface area (Å²) in [6.07, 6.45) is 3.49. The van der Waals surface area contributed by atoms with Crippen LogP contribution in [0.25, 0.3) is 0 Å². The summed E-state index contributed by atoms with van der Waals surface area (Å²) >= 11 is 0. The molecule has 0 heterocycles. The van der Waals surface area contributed by atoms with E-state index in [0.717, 1.165) is 25.0 Å². The molecule has 2 aromatic rings. The van der Waals surface area contributed by atoms with Crippen molar-refractivity contribution in [2.75, 3.05) is 13.2 Å². The number of rotatable bonds is 7.